The number of allylic oxidation sites excluding steroid dienone is 1. The molecule has 1 atom stereocenters. The number of nitrogens with zero attached hydrogens (tertiary/aromatic N) is 3. The van der Waals surface area contributed by atoms with E-state index in [-0.39, 0.29) is 5.92 Å². The van der Waals surface area contributed by atoms with Crippen LogP contribution in [0.15, 0.2) is 136 Å². The molecule has 246 valence electrons. The molecule has 0 radical (unpaired) electrons. The van der Waals surface area contributed by atoms with Crippen LogP contribution in [-0.4, -0.2) is 15.0 Å². The smallest absolute Gasteiger partial charge is 0.163 e. The maximum Gasteiger partial charge on any atom is 0.163 e. The summed E-state index contributed by atoms with van der Waals surface area (Å²) in [6.07, 6.45) is 11.8. The number of aryl methyl sites for hydroxylation is 1. The highest BCUT2D eigenvalue weighted by atomic mass is 16.3. The summed E-state index contributed by atoms with van der Waals surface area (Å²) in [4.78, 5) is 15.2. The van der Waals surface area contributed by atoms with Crippen molar-refractivity contribution in [2.24, 2.45) is 0 Å². The van der Waals surface area contributed by atoms with Crippen molar-refractivity contribution in [3.63, 3.8) is 0 Å². The van der Waals surface area contributed by atoms with E-state index in [0.29, 0.717) is 17.5 Å². The van der Waals surface area contributed by atoms with Crippen molar-refractivity contribution in [1.29, 1.82) is 0 Å². The lowest BCUT2D eigenvalue weighted by Gasteiger charge is -2.14. The van der Waals surface area contributed by atoms with Gasteiger partial charge >= 0.3 is 0 Å². The van der Waals surface area contributed by atoms with Gasteiger partial charge < -0.3 is 8.83 Å². The molecular formula is C47H31N3O2. The fourth-order valence-electron chi connectivity index (χ4n) is 8.08. The van der Waals surface area contributed by atoms with Crippen LogP contribution in [0.4, 0.5) is 0 Å². The lowest BCUT2D eigenvalue weighted by atomic mass is 9.90. The number of aromatic nitrogens is 3. The SMILES string of the molecule is C1=Cc2ccc(-c3cc4ccccc4c4oc5cc(-c6nc(-c7ccccc7)nc(C7C=c8oc9ccccc9c8=CC7)n6)ccc5c34)cc2CC1. The molecule has 3 aromatic heterocycles. The predicted octanol–water partition coefficient (Wildman–Crippen LogP) is 10.4. The zero-order valence-corrected chi connectivity index (χ0v) is 28.2. The summed E-state index contributed by atoms with van der Waals surface area (Å²) in [5.74, 6) is 1.91. The largest absolute Gasteiger partial charge is 0.456 e. The highest BCUT2D eigenvalue weighted by Crippen LogP contribution is 2.43. The highest BCUT2D eigenvalue weighted by molar-refractivity contribution is 6.21. The van der Waals surface area contributed by atoms with Crippen LogP contribution >= 0.6 is 0 Å². The van der Waals surface area contributed by atoms with Gasteiger partial charge in [0, 0.05) is 43.8 Å². The van der Waals surface area contributed by atoms with Crippen LogP contribution in [0.25, 0.3) is 95.8 Å². The maximum atomic E-state index is 6.83. The Balaban J connectivity index is 1.09. The summed E-state index contributed by atoms with van der Waals surface area (Å²) in [6, 6.07) is 42.4. The van der Waals surface area contributed by atoms with Crippen LogP contribution < -0.4 is 10.6 Å². The third-order valence-electron chi connectivity index (χ3n) is 10.7. The average Bonchev–Trinajstić information content (AvgIpc) is 3.79. The third kappa shape index (κ3) is 4.66. The van der Waals surface area contributed by atoms with Crippen LogP contribution in [0.2, 0.25) is 0 Å². The van der Waals surface area contributed by atoms with E-state index in [2.05, 4.69) is 103 Å². The minimum Gasteiger partial charge on any atom is -0.456 e. The minimum atomic E-state index is -0.0618. The van der Waals surface area contributed by atoms with Crippen molar-refractivity contribution in [2.75, 3.05) is 0 Å². The summed E-state index contributed by atoms with van der Waals surface area (Å²) in [7, 11) is 0. The van der Waals surface area contributed by atoms with Crippen LogP contribution in [0, 0.1) is 0 Å². The molecule has 52 heavy (non-hydrogen) atoms. The zero-order valence-electron chi connectivity index (χ0n) is 28.2. The van der Waals surface area contributed by atoms with Crippen molar-refractivity contribution in [2.45, 2.75) is 25.2 Å². The van der Waals surface area contributed by atoms with E-state index >= 15 is 0 Å². The first-order chi connectivity index (χ1) is 25.7. The molecule has 0 amide bonds. The molecule has 0 aliphatic heterocycles. The molecule has 2 aliphatic carbocycles. The van der Waals surface area contributed by atoms with Gasteiger partial charge in [-0.1, -0.05) is 115 Å². The Bertz CT molecular complexity index is 3060. The van der Waals surface area contributed by atoms with Crippen molar-refractivity contribution in [1.82, 2.24) is 15.0 Å². The first-order valence-electron chi connectivity index (χ1n) is 17.9. The van der Waals surface area contributed by atoms with E-state index in [4.69, 9.17) is 23.8 Å². The number of benzene rings is 6. The molecule has 0 N–H and O–H groups in total. The van der Waals surface area contributed by atoms with Gasteiger partial charge in [0.05, 0.1) is 0 Å². The summed E-state index contributed by atoms with van der Waals surface area (Å²) < 4.78 is 13.1. The molecule has 0 bridgehead atoms. The molecule has 0 saturated carbocycles. The molecule has 0 fully saturated rings. The summed E-state index contributed by atoms with van der Waals surface area (Å²) in [5.41, 5.74) is 10.4. The van der Waals surface area contributed by atoms with E-state index in [1.165, 1.54) is 22.3 Å². The first-order valence-corrected chi connectivity index (χ1v) is 17.9. The molecule has 9 aromatic rings. The van der Waals surface area contributed by atoms with Gasteiger partial charge in [0.25, 0.3) is 0 Å². The van der Waals surface area contributed by atoms with E-state index < -0.39 is 0 Å². The first kappa shape index (κ1) is 29.2. The van der Waals surface area contributed by atoms with Gasteiger partial charge in [-0.15, -0.1) is 0 Å². The van der Waals surface area contributed by atoms with E-state index in [0.717, 1.165) is 84.7 Å². The molecular weight excluding hydrogens is 639 g/mol. The Morgan fingerprint density at radius 3 is 2.35 bits per heavy atom. The summed E-state index contributed by atoms with van der Waals surface area (Å²) >= 11 is 0. The average molecular weight is 670 g/mol. The second kappa shape index (κ2) is 11.5. The van der Waals surface area contributed by atoms with Gasteiger partial charge in [-0.25, -0.2) is 15.0 Å². The quantitative estimate of drug-likeness (QED) is 0.187. The van der Waals surface area contributed by atoms with Gasteiger partial charge in [0.2, 0.25) is 0 Å². The lowest BCUT2D eigenvalue weighted by Crippen LogP contribution is -2.25. The van der Waals surface area contributed by atoms with Crippen molar-refractivity contribution >= 4 is 61.9 Å². The van der Waals surface area contributed by atoms with E-state index in [1.807, 2.05) is 42.5 Å². The second-order valence-corrected chi connectivity index (χ2v) is 13.8. The van der Waals surface area contributed by atoms with Crippen molar-refractivity contribution in [3.05, 3.63) is 155 Å². The second-order valence-electron chi connectivity index (χ2n) is 13.8. The Kier molecular flexibility index (Phi) is 6.44. The molecule has 3 heterocycles. The molecule has 0 saturated heterocycles. The number of para-hydroxylation sites is 1. The minimum absolute atomic E-state index is 0.0618. The summed E-state index contributed by atoms with van der Waals surface area (Å²) in [5, 5.41) is 6.72. The molecule has 6 aromatic carbocycles. The monoisotopic (exact) mass is 669 g/mol. The zero-order chi connectivity index (χ0) is 34.2. The number of hydrogen-bond acceptors (Lipinski definition) is 5. The van der Waals surface area contributed by atoms with Crippen molar-refractivity contribution < 1.29 is 8.83 Å². The molecule has 2 aliphatic rings. The van der Waals surface area contributed by atoms with Gasteiger partial charge in [-0.3, -0.25) is 0 Å². The maximum absolute atomic E-state index is 6.83. The van der Waals surface area contributed by atoms with E-state index in [9.17, 15) is 0 Å². The highest BCUT2D eigenvalue weighted by Gasteiger charge is 2.22. The fraction of sp³-hybridized carbons (Fsp3) is 0.0851. The Morgan fingerprint density at radius 2 is 1.42 bits per heavy atom. The standard InChI is InChI=1S/C47H31N3O2/c1-2-11-29(12-3-1)45-48-46(33-20-22-37-36-16-8-9-17-40(36)51-41(37)26-33)50-47(49-45)34-21-23-38-42(27-34)52-44-35-15-7-6-14-31(35)25-39(43(38)44)32-19-18-28-10-4-5-13-30(28)24-32/h1-4,6-12,14-19,21-27,33H,5,13,20H2. The Morgan fingerprint density at radius 1 is 0.615 bits per heavy atom. The van der Waals surface area contributed by atoms with Gasteiger partial charge in [-0.2, -0.15) is 0 Å². The Labute approximate surface area is 298 Å². The van der Waals surface area contributed by atoms with Crippen LogP contribution in [0.3, 0.4) is 0 Å². The molecule has 5 heteroatoms. The topological polar surface area (TPSA) is 65.0 Å². The lowest BCUT2D eigenvalue weighted by molar-refractivity contribution is 0.568. The summed E-state index contributed by atoms with van der Waals surface area (Å²) in [6.45, 7) is 0. The molecule has 5 nitrogen and oxygen atoms in total. The number of furan rings is 2. The van der Waals surface area contributed by atoms with E-state index in [1.54, 1.807) is 0 Å². The predicted molar refractivity (Wildman–Crippen MR) is 210 cm³/mol. The van der Waals surface area contributed by atoms with Crippen LogP contribution in [0.1, 0.15) is 35.7 Å². The fourth-order valence-corrected chi connectivity index (χ4v) is 8.08. The number of hydrogen-bond donors (Lipinski definition) is 0. The number of fused-ring (bicyclic) bond motifs is 9. The molecule has 1 unspecified atom stereocenters. The van der Waals surface area contributed by atoms with Crippen molar-refractivity contribution in [3.8, 4) is 33.9 Å². The normalized spacial score (nSPS) is 15.1. The third-order valence-corrected chi connectivity index (χ3v) is 10.7. The van der Waals surface area contributed by atoms with Gasteiger partial charge in [0.1, 0.15) is 28.0 Å². The Hall–Kier alpha value is -6.59. The van der Waals surface area contributed by atoms with Crippen LogP contribution in [0.5, 0.6) is 0 Å². The molecule has 11 rings (SSSR count). The van der Waals surface area contributed by atoms with Gasteiger partial charge in [-0.05, 0) is 77.2 Å². The number of rotatable bonds is 4. The van der Waals surface area contributed by atoms with Gasteiger partial charge in [0.15, 0.2) is 11.6 Å². The molecule has 0 spiro atoms. The van der Waals surface area contributed by atoms with Crippen LogP contribution in [-0.2, 0) is 6.42 Å².